The summed E-state index contributed by atoms with van der Waals surface area (Å²) in [5, 5.41) is 1.01. The number of pyridine rings is 1. The number of H-pyrrole nitrogens is 1. The average molecular weight is 342 g/mol. The smallest absolute Gasteiger partial charge is 0.253 e. The van der Waals surface area contributed by atoms with Crippen LogP contribution in [0.3, 0.4) is 0 Å². The van der Waals surface area contributed by atoms with Gasteiger partial charge in [0.1, 0.15) is 0 Å². The van der Waals surface area contributed by atoms with E-state index in [1.807, 2.05) is 26.8 Å². The van der Waals surface area contributed by atoms with Gasteiger partial charge in [-0.3, -0.25) is 9.59 Å². The van der Waals surface area contributed by atoms with Gasteiger partial charge in [0.15, 0.2) is 0 Å². The van der Waals surface area contributed by atoms with Crippen molar-refractivity contribution in [2.45, 2.75) is 52.7 Å². The van der Waals surface area contributed by atoms with Gasteiger partial charge in [0.05, 0.1) is 18.2 Å². The van der Waals surface area contributed by atoms with Gasteiger partial charge in [0, 0.05) is 25.1 Å². The number of benzene rings is 1. The van der Waals surface area contributed by atoms with Crippen LogP contribution >= 0.6 is 0 Å². The number of rotatable bonds is 5. The first-order valence-electron chi connectivity index (χ1n) is 9.00. The molecule has 3 rings (SSSR count). The summed E-state index contributed by atoms with van der Waals surface area (Å²) in [4.78, 5) is 29.6. The fraction of sp³-hybridized carbons (Fsp3) is 0.500. The zero-order valence-electron chi connectivity index (χ0n) is 15.2. The second-order valence-corrected chi connectivity index (χ2v) is 6.93. The molecule has 1 aromatic carbocycles. The van der Waals surface area contributed by atoms with Crippen molar-refractivity contribution >= 4 is 16.8 Å². The van der Waals surface area contributed by atoms with Crippen molar-refractivity contribution < 1.29 is 9.53 Å². The summed E-state index contributed by atoms with van der Waals surface area (Å²) in [7, 11) is 0. The van der Waals surface area contributed by atoms with Crippen LogP contribution in [0.5, 0.6) is 0 Å². The fourth-order valence-electron chi connectivity index (χ4n) is 3.57. The van der Waals surface area contributed by atoms with E-state index in [0.717, 1.165) is 41.5 Å². The molecule has 2 aromatic rings. The molecule has 0 radical (unpaired) electrons. The minimum atomic E-state index is -0.124. The Morgan fingerprint density at radius 2 is 2.12 bits per heavy atom. The molecule has 0 spiro atoms. The quantitative estimate of drug-likeness (QED) is 0.908. The molecule has 5 heteroatoms. The molecule has 1 amide bonds. The number of nitrogens with one attached hydrogen (secondary N) is 1. The van der Waals surface area contributed by atoms with Crippen LogP contribution in [0, 0.1) is 13.8 Å². The molecular formula is C20H26N2O3. The number of nitrogens with zero attached hydrogens (tertiary/aromatic N) is 1. The van der Waals surface area contributed by atoms with E-state index in [1.54, 1.807) is 4.90 Å². The van der Waals surface area contributed by atoms with Gasteiger partial charge in [-0.05, 0) is 49.8 Å². The second-order valence-electron chi connectivity index (χ2n) is 6.93. The van der Waals surface area contributed by atoms with Crippen LogP contribution in [-0.2, 0) is 16.1 Å². The van der Waals surface area contributed by atoms with Crippen LogP contribution in [0.25, 0.3) is 10.9 Å². The first-order valence-corrected chi connectivity index (χ1v) is 9.00. The van der Waals surface area contributed by atoms with Crippen LogP contribution in [0.2, 0.25) is 0 Å². The van der Waals surface area contributed by atoms with Crippen LogP contribution in [0.1, 0.15) is 42.9 Å². The molecule has 0 bridgehead atoms. The number of aromatic amines is 1. The summed E-state index contributed by atoms with van der Waals surface area (Å²) < 4.78 is 5.67. The number of ether oxygens (including phenoxy) is 1. The number of hydrogen-bond acceptors (Lipinski definition) is 3. The van der Waals surface area contributed by atoms with Gasteiger partial charge in [0.2, 0.25) is 5.91 Å². The molecule has 0 unspecified atom stereocenters. The van der Waals surface area contributed by atoms with Crippen molar-refractivity contribution in [1.29, 1.82) is 0 Å². The number of amides is 1. The predicted molar refractivity (Wildman–Crippen MR) is 98.7 cm³/mol. The highest BCUT2D eigenvalue weighted by atomic mass is 16.5. The standard InChI is InChI=1S/C20H26N2O3/c1-4-18(23)22(12-17-6-5-7-25-17)11-16-10-15-9-13(2)8-14(3)19(15)21-20(16)24/h8-10,17H,4-7,11-12H2,1-3H3,(H,21,24)/t17-/m1/s1. The Morgan fingerprint density at radius 1 is 1.32 bits per heavy atom. The number of hydrogen-bond donors (Lipinski definition) is 1. The maximum absolute atomic E-state index is 12.5. The van der Waals surface area contributed by atoms with Crippen LogP contribution in [0.4, 0.5) is 0 Å². The van der Waals surface area contributed by atoms with Crippen LogP contribution in [-0.4, -0.2) is 35.0 Å². The molecule has 5 nitrogen and oxygen atoms in total. The molecule has 1 saturated heterocycles. The number of aromatic nitrogens is 1. The first-order chi connectivity index (χ1) is 12.0. The Hall–Kier alpha value is -2.14. The Morgan fingerprint density at radius 3 is 2.80 bits per heavy atom. The topological polar surface area (TPSA) is 62.4 Å². The Kier molecular flexibility index (Phi) is 5.23. The van der Waals surface area contributed by atoms with Crippen molar-refractivity contribution in [3.05, 3.63) is 45.2 Å². The lowest BCUT2D eigenvalue weighted by atomic mass is 10.0. The van der Waals surface area contributed by atoms with Gasteiger partial charge >= 0.3 is 0 Å². The lowest BCUT2D eigenvalue weighted by Crippen LogP contribution is -2.37. The number of aryl methyl sites for hydroxylation is 2. The maximum Gasteiger partial charge on any atom is 0.253 e. The average Bonchev–Trinajstić information content (AvgIpc) is 3.08. The molecule has 1 aromatic heterocycles. The normalized spacial score (nSPS) is 17.2. The van der Waals surface area contributed by atoms with E-state index in [1.165, 1.54) is 0 Å². The highest BCUT2D eigenvalue weighted by molar-refractivity contribution is 5.83. The van der Waals surface area contributed by atoms with E-state index >= 15 is 0 Å². The zero-order chi connectivity index (χ0) is 18.0. The highest BCUT2D eigenvalue weighted by Crippen LogP contribution is 2.20. The monoisotopic (exact) mass is 342 g/mol. The maximum atomic E-state index is 12.5. The summed E-state index contributed by atoms with van der Waals surface area (Å²) in [5.41, 5.74) is 3.58. The summed E-state index contributed by atoms with van der Waals surface area (Å²) in [6.07, 6.45) is 2.52. The summed E-state index contributed by atoms with van der Waals surface area (Å²) in [6, 6.07) is 6.04. The molecule has 134 valence electrons. The molecule has 1 fully saturated rings. The number of carbonyl (C=O) groups is 1. The third-order valence-corrected chi connectivity index (χ3v) is 4.83. The van der Waals surface area contributed by atoms with Crippen molar-refractivity contribution in [1.82, 2.24) is 9.88 Å². The highest BCUT2D eigenvalue weighted by Gasteiger charge is 2.22. The van der Waals surface area contributed by atoms with E-state index < -0.39 is 0 Å². The van der Waals surface area contributed by atoms with Gasteiger partial charge in [0.25, 0.3) is 5.56 Å². The van der Waals surface area contributed by atoms with Gasteiger partial charge in [-0.1, -0.05) is 18.6 Å². The first kappa shape index (κ1) is 17.7. The zero-order valence-corrected chi connectivity index (χ0v) is 15.2. The van der Waals surface area contributed by atoms with Gasteiger partial charge in [-0.15, -0.1) is 0 Å². The molecule has 1 aliphatic heterocycles. The van der Waals surface area contributed by atoms with Crippen molar-refractivity contribution in [2.75, 3.05) is 13.2 Å². The van der Waals surface area contributed by atoms with Gasteiger partial charge in [-0.25, -0.2) is 0 Å². The summed E-state index contributed by atoms with van der Waals surface area (Å²) in [5.74, 6) is 0.0513. The van der Waals surface area contributed by atoms with E-state index in [-0.39, 0.29) is 17.6 Å². The lowest BCUT2D eigenvalue weighted by Gasteiger charge is -2.25. The van der Waals surface area contributed by atoms with Crippen molar-refractivity contribution in [2.24, 2.45) is 0 Å². The molecule has 2 heterocycles. The third kappa shape index (κ3) is 3.93. The number of fused-ring (bicyclic) bond motifs is 1. The van der Waals surface area contributed by atoms with Crippen molar-refractivity contribution in [3.63, 3.8) is 0 Å². The van der Waals surface area contributed by atoms with Gasteiger partial charge in [-0.2, -0.15) is 0 Å². The van der Waals surface area contributed by atoms with E-state index in [9.17, 15) is 9.59 Å². The summed E-state index contributed by atoms with van der Waals surface area (Å²) in [6.45, 7) is 7.52. The van der Waals surface area contributed by atoms with E-state index in [2.05, 4.69) is 17.1 Å². The lowest BCUT2D eigenvalue weighted by molar-refractivity contribution is -0.133. The minimum Gasteiger partial charge on any atom is -0.376 e. The molecular weight excluding hydrogens is 316 g/mol. The third-order valence-electron chi connectivity index (χ3n) is 4.83. The van der Waals surface area contributed by atoms with E-state index in [4.69, 9.17) is 4.74 Å². The molecule has 1 N–H and O–H groups in total. The molecule has 1 aliphatic rings. The predicted octanol–water partition coefficient (Wildman–Crippen LogP) is 3.06. The molecule has 25 heavy (non-hydrogen) atoms. The van der Waals surface area contributed by atoms with Crippen molar-refractivity contribution in [3.8, 4) is 0 Å². The van der Waals surface area contributed by atoms with E-state index in [0.29, 0.717) is 25.1 Å². The number of carbonyl (C=O) groups excluding carboxylic acids is 1. The van der Waals surface area contributed by atoms with Crippen LogP contribution in [0.15, 0.2) is 23.0 Å². The summed E-state index contributed by atoms with van der Waals surface area (Å²) >= 11 is 0. The second kappa shape index (κ2) is 7.40. The van der Waals surface area contributed by atoms with Gasteiger partial charge < -0.3 is 14.6 Å². The Labute approximate surface area is 148 Å². The largest absolute Gasteiger partial charge is 0.376 e. The van der Waals surface area contributed by atoms with Crippen LogP contribution < -0.4 is 5.56 Å². The fourth-order valence-corrected chi connectivity index (χ4v) is 3.57. The SMILES string of the molecule is CCC(=O)N(Cc1cc2cc(C)cc(C)c2[nH]c1=O)C[C@H]1CCCO1. The molecule has 0 aliphatic carbocycles. The molecule has 0 saturated carbocycles. The molecule has 1 atom stereocenters. The minimum absolute atomic E-state index is 0.0513. The Bertz CT molecular complexity index is 835. The Balaban J connectivity index is 1.91.